The number of rotatable bonds is 6. The Balaban J connectivity index is 2.75. The van der Waals surface area contributed by atoms with Crippen LogP contribution in [0.5, 0.6) is 11.5 Å². The fraction of sp³-hybridized carbons (Fsp3) is 0.400. The van der Waals surface area contributed by atoms with Gasteiger partial charge in [-0.2, -0.15) is 0 Å². The zero-order valence-electron chi connectivity index (χ0n) is 16.5. The Morgan fingerprint density at radius 1 is 1.07 bits per heavy atom. The Morgan fingerprint density at radius 2 is 1.57 bits per heavy atom. The molecule has 152 valence electrons. The number of carbonyl (C=O) groups is 2. The van der Waals surface area contributed by atoms with Crippen molar-refractivity contribution in [3.63, 3.8) is 0 Å². The SMILES string of the molecule is CCOC(=O)C1=C(C)NC(C)=C(C(=O)OCC)C1c1cc(I)c(O)c(OC)c1. The van der Waals surface area contributed by atoms with Crippen LogP contribution in [0.3, 0.4) is 0 Å². The van der Waals surface area contributed by atoms with E-state index in [0.717, 1.165) is 0 Å². The number of hydrogen-bond acceptors (Lipinski definition) is 7. The third kappa shape index (κ3) is 4.26. The summed E-state index contributed by atoms with van der Waals surface area (Å²) in [5.74, 6) is -1.51. The molecule has 2 N–H and O–H groups in total. The number of dihydropyridines is 1. The number of benzene rings is 1. The van der Waals surface area contributed by atoms with Gasteiger partial charge < -0.3 is 24.6 Å². The van der Waals surface area contributed by atoms with Gasteiger partial charge in [-0.3, -0.25) is 0 Å². The van der Waals surface area contributed by atoms with Gasteiger partial charge in [-0.05, 0) is 68.0 Å². The van der Waals surface area contributed by atoms with Crippen LogP contribution < -0.4 is 10.1 Å². The van der Waals surface area contributed by atoms with Crippen LogP contribution in [0.15, 0.2) is 34.7 Å². The number of esters is 2. The molecular formula is C20H24INO6. The quantitative estimate of drug-likeness (QED) is 0.456. The van der Waals surface area contributed by atoms with E-state index in [0.29, 0.717) is 31.7 Å². The van der Waals surface area contributed by atoms with Gasteiger partial charge >= 0.3 is 11.9 Å². The first-order valence-electron chi connectivity index (χ1n) is 8.85. The first kappa shape index (κ1) is 22.1. The average Bonchev–Trinajstić information content (AvgIpc) is 2.63. The number of nitrogens with one attached hydrogen (secondary N) is 1. The van der Waals surface area contributed by atoms with E-state index in [1.54, 1.807) is 39.8 Å². The molecule has 0 spiro atoms. The van der Waals surface area contributed by atoms with E-state index in [1.165, 1.54) is 7.11 Å². The number of allylic oxidation sites excluding steroid dienone is 2. The van der Waals surface area contributed by atoms with E-state index in [1.807, 2.05) is 22.6 Å². The number of hydrogen-bond donors (Lipinski definition) is 2. The third-order valence-corrected chi connectivity index (χ3v) is 5.18. The van der Waals surface area contributed by atoms with Crippen molar-refractivity contribution < 1.29 is 28.9 Å². The first-order chi connectivity index (χ1) is 13.3. The maximum Gasteiger partial charge on any atom is 0.336 e. The summed E-state index contributed by atoms with van der Waals surface area (Å²) in [5.41, 5.74) is 2.44. The normalized spacial score (nSPS) is 14.6. The fourth-order valence-corrected chi connectivity index (χ4v) is 3.83. The summed E-state index contributed by atoms with van der Waals surface area (Å²) in [6, 6.07) is 3.33. The highest BCUT2D eigenvalue weighted by molar-refractivity contribution is 14.1. The molecule has 0 aliphatic carbocycles. The monoisotopic (exact) mass is 501 g/mol. The number of carbonyl (C=O) groups excluding carboxylic acids is 2. The molecule has 0 aromatic heterocycles. The van der Waals surface area contributed by atoms with Gasteiger partial charge in [-0.15, -0.1) is 0 Å². The van der Waals surface area contributed by atoms with E-state index in [-0.39, 0.29) is 24.7 Å². The molecule has 1 aromatic carbocycles. The molecule has 1 aromatic rings. The number of phenolic OH excluding ortho intramolecular Hbond substituents is 1. The van der Waals surface area contributed by atoms with Crippen molar-refractivity contribution in [1.29, 1.82) is 0 Å². The molecule has 1 aliphatic rings. The van der Waals surface area contributed by atoms with Crippen LogP contribution >= 0.6 is 22.6 Å². The van der Waals surface area contributed by atoms with Crippen LogP contribution in [0.2, 0.25) is 0 Å². The van der Waals surface area contributed by atoms with Crippen LogP contribution in [-0.4, -0.2) is 37.4 Å². The molecule has 0 atom stereocenters. The van der Waals surface area contributed by atoms with Gasteiger partial charge in [-0.1, -0.05) is 0 Å². The number of aromatic hydroxyl groups is 1. The molecular weight excluding hydrogens is 477 g/mol. The van der Waals surface area contributed by atoms with Gasteiger partial charge in [-0.25, -0.2) is 9.59 Å². The molecule has 0 unspecified atom stereocenters. The highest BCUT2D eigenvalue weighted by Gasteiger charge is 2.38. The van der Waals surface area contributed by atoms with Crippen LogP contribution in [0.4, 0.5) is 0 Å². The van der Waals surface area contributed by atoms with Gasteiger partial charge in [0.25, 0.3) is 0 Å². The van der Waals surface area contributed by atoms with Gasteiger partial charge in [0, 0.05) is 11.4 Å². The average molecular weight is 501 g/mol. The Kier molecular flexibility index (Phi) is 7.34. The molecule has 8 heteroatoms. The molecule has 28 heavy (non-hydrogen) atoms. The summed E-state index contributed by atoms with van der Waals surface area (Å²) < 4.78 is 16.3. The maximum atomic E-state index is 12.8. The molecule has 7 nitrogen and oxygen atoms in total. The molecule has 0 amide bonds. The second kappa shape index (κ2) is 9.31. The van der Waals surface area contributed by atoms with Crippen molar-refractivity contribution in [3.05, 3.63) is 43.8 Å². The van der Waals surface area contributed by atoms with Crippen LogP contribution in [0.1, 0.15) is 39.2 Å². The predicted molar refractivity (Wildman–Crippen MR) is 112 cm³/mol. The zero-order chi connectivity index (χ0) is 21.0. The van der Waals surface area contributed by atoms with Crippen molar-refractivity contribution in [3.8, 4) is 11.5 Å². The lowest BCUT2D eigenvalue weighted by molar-refractivity contribution is -0.139. The predicted octanol–water partition coefficient (Wildman–Crippen LogP) is 3.37. The second-order valence-corrected chi connectivity index (χ2v) is 7.29. The minimum atomic E-state index is -0.720. The highest BCUT2D eigenvalue weighted by atomic mass is 127. The van der Waals surface area contributed by atoms with Crippen molar-refractivity contribution in [2.75, 3.05) is 20.3 Å². The Labute approximate surface area is 177 Å². The molecule has 1 heterocycles. The van der Waals surface area contributed by atoms with E-state index < -0.39 is 17.9 Å². The standard InChI is InChI=1S/C20H24INO6/c1-6-27-19(24)15-10(3)22-11(4)16(20(25)28-7-2)17(15)12-8-13(21)18(23)14(9-12)26-5/h8-9,17,22-23H,6-7H2,1-5H3. The van der Waals surface area contributed by atoms with Crippen LogP contribution in [-0.2, 0) is 19.1 Å². The van der Waals surface area contributed by atoms with Crippen molar-refractivity contribution in [1.82, 2.24) is 5.32 Å². The lowest BCUT2D eigenvalue weighted by atomic mass is 9.80. The lowest BCUT2D eigenvalue weighted by Crippen LogP contribution is -2.32. The zero-order valence-corrected chi connectivity index (χ0v) is 18.7. The Morgan fingerprint density at radius 3 is 2.00 bits per heavy atom. The summed E-state index contributed by atoms with van der Waals surface area (Å²) in [6.45, 7) is 7.37. The van der Waals surface area contributed by atoms with Crippen molar-refractivity contribution >= 4 is 34.5 Å². The van der Waals surface area contributed by atoms with Gasteiger partial charge in [0.05, 0.1) is 41.0 Å². The summed E-state index contributed by atoms with van der Waals surface area (Å²) >= 11 is 1.98. The van der Waals surface area contributed by atoms with Crippen molar-refractivity contribution in [2.45, 2.75) is 33.6 Å². The van der Waals surface area contributed by atoms with Crippen LogP contribution in [0.25, 0.3) is 0 Å². The summed E-state index contributed by atoms with van der Waals surface area (Å²) in [6.07, 6.45) is 0. The minimum absolute atomic E-state index is 0.00226. The molecule has 0 saturated carbocycles. The largest absolute Gasteiger partial charge is 0.504 e. The van der Waals surface area contributed by atoms with E-state index in [4.69, 9.17) is 14.2 Å². The molecule has 0 bridgehead atoms. The van der Waals surface area contributed by atoms with Gasteiger partial charge in [0.15, 0.2) is 11.5 Å². The molecule has 2 rings (SSSR count). The fourth-order valence-electron chi connectivity index (χ4n) is 3.20. The van der Waals surface area contributed by atoms with Crippen molar-refractivity contribution in [2.24, 2.45) is 0 Å². The van der Waals surface area contributed by atoms with E-state index in [9.17, 15) is 14.7 Å². The van der Waals surface area contributed by atoms with Gasteiger partial charge in [0.1, 0.15) is 0 Å². The first-order valence-corrected chi connectivity index (χ1v) is 9.93. The number of ether oxygens (including phenoxy) is 3. The Bertz CT molecular complexity index is 818. The molecule has 0 radical (unpaired) electrons. The maximum absolute atomic E-state index is 12.8. The second-order valence-electron chi connectivity index (χ2n) is 6.13. The van der Waals surface area contributed by atoms with E-state index >= 15 is 0 Å². The summed E-state index contributed by atoms with van der Waals surface area (Å²) in [4.78, 5) is 25.5. The minimum Gasteiger partial charge on any atom is -0.504 e. The Hall–Kier alpha value is -2.23. The summed E-state index contributed by atoms with van der Waals surface area (Å²) in [5, 5.41) is 13.3. The third-order valence-electron chi connectivity index (χ3n) is 4.36. The van der Waals surface area contributed by atoms with Gasteiger partial charge in [0.2, 0.25) is 0 Å². The van der Waals surface area contributed by atoms with E-state index in [2.05, 4.69) is 5.32 Å². The smallest absolute Gasteiger partial charge is 0.336 e. The number of halogens is 1. The lowest BCUT2D eigenvalue weighted by Gasteiger charge is -2.30. The number of phenols is 1. The molecule has 0 saturated heterocycles. The number of methoxy groups -OCH3 is 1. The topological polar surface area (TPSA) is 94.1 Å². The van der Waals surface area contributed by atoms with Crippen LogP contribution in [0, 0.1) is 3.57 Å². The summed E-state index contributed by atoms with van der Waals surface area (Å²) in [7, 11) is 1.44. The molecule has 0 fully saturated rings. The molecule has 1 aliphatic heterocycles. The highest BCUT2D eigenvalue weighted by Crippen LogP contribution is 2.43.